The maximum absolute atomic E-state index is 13.6. The molecule has 10 nitrogen and oxygen atoms in total. The van der Waals surface area contributed by atoms with E-state index in [1.165, 1.54) is 0 Å². The van der Waals surface area contributed by atoms with Crippen LogP contribution in [-0.4, -0.2) is 77.1 Å². The fraction of sp³-hybridized carbons (Fsp3) is 0.750. The number of ether oxygens (including phenoxy) is 4. The Morgan fingerprint density at radius 2 is 1.58 bits per heavy atom. The summed E-state index contributed by atoms with van der Waals surface area (Å²) < 4.78 is 99.4. The van der Waals surface area contributed by atoms with Crippen molar-refractivity contribution in [1.29, 1.82) is 0 Å². The Kier molecular flexibility index (Phi) is 6.50. The molecule has 2 saturated carbocycles. The highest BCUT2D eigenvalue weighted by atomic mass is 19.3. The highest BCUT2D eigenvalue weighted by molar-refractivity contribution is 5.87. The molecule has 1 heterocycles. The van der Waals surface area contributed by atoms with Crippen LogP contribution in [0.2, 0.25) is 0 Å². The molecule has 36 heavy (non-hydrogen) atoms. The number of halogens is 6. The Hall–Kier alpha value is -3.07. The number of fused-ring (bicyclic) bond motifs is 1. The summed E-state index contributed by atoms with van der Waals surface area (Å²) >= 11 is 0. The third-order valence-electron chi connectivity index (χ3n) is 6.13. The van der Waals surface area contributed by atoms with E-state index in [-0.39, 0.29) is 6.42 Å². The lowest BCUT2D eigenvalue weighted by Crippen LogP contribution is -2.61. The number of carboxylic acid groups (broad SMARTS) is 1. The summed E-state index contributed by atoms with van der Waals surface area (Å²) in [5, 5.41) is 8.09. The van der Waals surface area contributed by atoms with Crippen LogP contribution in [0.5, 0.6) is 0 Å². The van der Waals surface area contributed by atoms with E-state index in [1.54, 1.807) is 20.8 Å². The molecule has 0 spiro atoms. The van der Waals surface area contributed by atoms with Gasteiger partial charge in [0.05, 0.1) is 11.8 Å². The summed E-state index contributed by atoms with van der Waals surface area (Å²) in [5.74, 6) is -32.7. The van der Waals surface area contributed by atoms with E-state index in [9.17, 15) is 50.3 Å². The third kappa shape index (κ3) is 4.23. The summed E-state index contributed by atoms with van der Waals surface area (Å²) in [6, 6.07) is 0. The van der Waals surface area contributed by atoms with Crippen molar-refractivity contribution >= 4 is 29.8 Å². The first-order chi connectivity index (χ1) is 16.2. The maximum atomic E-state index is 13.6. The second-order valence-electron chi connectivity index (χ2n) is 9.61. The SMILES string of the molecule is CC(C)(C)OC(=O)C1C2CC3C(OC(=O)C31)C2OC(=O)COC(=O)C(F)(F)C(F)(F)C(F)(F)C(=O)O. The number of carbonyl (C=O) groups excluding carboxylic acids is 4. The Bertz CT molecular complexity index is 990. The number of esters is 4. The molecule has 2 aliphatic carbocycles. The smallest absolute Gasteiger partial charge is 0.411 e. The number of hydrogen-bond acceptors (Lipinski definition) is 9. The molecule has 2 bridgehead atoms. The van der Waals surface area contributed by atoms with E-state index < -0.39 is 95.7 Å². The summed E-state index contributed by atoms with van der Waals surface area (Å²) in [6.45, 7) is 2.97. The number of carbonyl (C=O) groups is 5. The molecular formula is C20H20F6O10. The van der Waals surface area contributed by atoms with Gasteiger partial charge >= 0.3 is 47.6 Å². The standard InChI is InChI=1S/C20H20F6O10/c1-17(2,3)36-14(29)10-7-4-6-9(10)13(28)35-12(6)11(7)34-8(27)5-33-16(32)19(23,24)20(25,26)18(21,22)15(30)31/h6-7,9-12H,4-5H2,1-3H3,(H,30,31). The third-order valence-corrected chi connectivity index (χ3v) is 6.13. The molecule has 6 atom stereocenters. The van der Waals surface area contributed by atoms with Crippen molar-refractivity contribution in [2.75, 3.05) is 6.61 Å². The van der Waals surface area contributed by atoms with Gasteiger partial charge in [0.1, 0.15) is 17.8 Å². The van der Waals surface area contributed by atoms with Crippen molar-refractivity contribution in [1.82, 2.24) is 0 Å². The van der Waals surface area contributed by atoms with Crippen molar-refractivity contribution in [2.45, 2.75) is 62.8 Å². The van der Waals surface area contributed by atoms with Gasteiger partial charge in [-0.25, -0.2) is 14.4 Å². The molecule has 0 aromatic carbocycles. The molecular weight excluding hydrogens is 514 g/mol. The highest BCUT2D eigenvalue weighted by Crippen LogP contribution is 2.59. The number of hydrogen-bond donors (Lipinski definition) is 1. The molecule has 202 valence electrons. The normalized spacial score (nSPS) is 29.5. The summed E-state index contributed by atoms with van der Waals surface area (Å²) in [5.41, 5.74) is -0.925. The molecule has 3 rings (SSSR count). The number of aliphatic carboxylic acids is 1. The van der Waals surface area contributed by atoms with E-state index in [0.29, 0.717) is 0 Å². The largest absolute Gasteiger partial charge is 0.477 e. The van der Waals surface area contributed by atoms with Crippen LogP contribution in [0.25, 0.3) is 0 Å². The Morgan fingerprint density at radius 1 is 1.00 bits per heavy atom. The van der Waals surface area contributed by atoms with Crippen LogP contribution in [0.3, 0.4) is 0 Å². The van der Waals surface area contributed by atoms with Gasteiger partial charge in [-0.1, -0.05) is 0 Å². The van der Waals surface area contributed by atoms with Gasteiger partial charge in [0, 0.05) is 11.8 Å². The molecule has 1 saturated heterocycles. The zero-order valence-corrected chi connectivity index (χ0v) is 18.8. The van der Waals surface area contributed by atoms with E-state index in [1.807, 2.05) is 0 Å². The molecule has 6 unspecified atom stereocenters. The van der Waals surface area contributed by atoms with Gasteiger partial charge in [-0.15, -0.1) is 0 Å². The van der Waals surface area contributed by atoms with Crippen LogP contribution in [0, 0.1) is 23.7 Å². The van der Waals surface area contributed by atoms with E-state index in [2.05, 4.69) is 4.74 Å². The van der Waals surface area contributed by atoms with Crippen molar-refractivity contribution < 1.29 is 74.4 Å². The lowest BCUT2D eigenvalue weighted by Gasteiger charge is -2.32. The Labute approximate surface area is 198 Å². The molecule has 16 heteroatoms. The second kappa shape index (κ2) is 8.50. The fourth-order valence-corrected chi connectivity index (χ4v) is 4.70. The van der Waals surface area contributed by atoms with Crippen molar-refractivity contribution in [3.63, 3.8) is 0 Å². The van der Waals surface area contributed by atoms with Gasteiger partial charge in [-0.05, 0) is 27.2 Å². The van der Waals surface area contributed by atoms with Gasteiger partial charge in [0.25, 0.3) is 0 Å². The maximum Gasteiger partial charge on any atom is 0.411 e. The quantitative estimate of drug-likeness (QED) is 0.277. The molecule has 0 radical (unpaired) electrons. The number of carboxylic acids is 1. The molecule has 1 aliphatic heterocycles. The van der Waals surface area contributed by atoms with Crippen LogP contribution in [-0.2, 0) is 42.9 Å². The predicted molar refractivity (Wildman–Crippen MR) is 97.6 cm³/mol. The van der Waals surface area contributed by atoms with E-state index in [0.717, 1.165) is 0 Å². The van der Waals surface area contributed by atoms with Gasteiger partial charge in [0.15, 0.2) is 6.61 Å². The zero-order valence-electron chi connectivity index (χ0n) is 18.8. The fourth-order valence-electron chi connectivity index (χ4n) is 4.70. The van der Waals surface area contributed by atoms with Crippen molar-refractivity contribution in [3.8, 4) is 0 Å². The molecule has 0 aromatic heterocycles. The average Bonchev–Trinajstić information content (AvgIpc) is 3.33. The van der Waals surface area contributed by atoms with Gasteiger partial charge in [-0.3, -0.25) is 9.59 Å². The lowest BCUT2D eigenvalue weighted by atomic mass is 9.78. The van der Waals surface area contributed by atoms with E-state index >= 15 is 0 Å². The topological polar surface area (TPSA) is 142 Å². The molecule has 3 fully saturated rings. The molecule has 0 amide bonds. The van der Waals surface area contributed by atoms with Crippen LogP contribution in [0.4, 0.5) is 26.3 Å². The highest BCUT2D eigenvalue weighted by Gasteiger charge is 2.79. The van der Waals surface area contributed by atoms with Gasteiger partial charge in [-0.2, -0.15) is 26.3 Å². The average molecular weight is 534 g/mol. The number of rotatable bonds is 8. The summed E-state index contributed by atoms with van der Waals surface area (Å²) in [4.78, 5) is 58.6. The summed E-state index contributed by atoms with van der Waals surface area (Å²) in [6.07, 6.45) is -2.11. The lowest BCUT2D eigenvalue weighted by molar-refractivity contribution is -0.299. The Morgan fingerprint density at radius 3 is 2.11 bits per heavy atom. The zero-order chi connectivity index (χ0) is 27.6. The molecule has 3 aliphatic rings. The molecule has 1 N–H and O–H groups in total. The van der Waals surface area contributed by atoms with Crippen LogP contribution >= 0.6 is 0 Å². The minimum atomic E-state index is -6.70. The number of alkyl halides is 6. The van der Waals surface area contributed by atoms with Crippen LogP contribution in [0.1, 0.15) is 27.2 Å². The van der Waals surface area contributed by atoms with E-state index in [4.69, 9.17) is 19.3 Å². The first-order valence-corrected chi connectivity index (χ1v) is 10.4. The Balaban J connectivity index is 1.67. The second-order valence-corrected chi connectivity index (χ2v) is 9.61. The van der Waals surface area contributed by atoms with Gasteiger partial charge in [0.2, 0.25) is 0 Å². The molecule has 0 aromatic rings. The van der Waals surface area contributed by atoms with Crippen molar-refractivity contribution in [3.05, 3.63) is 0 Å². The summed E-state index contributed by atoms with van der Waals surface area (Å²) in [7, 11) is 0. The first-order valence-electron chi connectivity index (χ1n) is 10.4. The predicted octanol–water partition coefficient (Wildman–Crippen LogP) is 1.58. The van der Waals surface area contributed by atoms with Crippen LogP contribution in [0.15, 0.2) is 0 Å². The van der Waals surface area contributed by atoms with Gasteiger partial charge < -0.3 is 24.1 Å². The first kappa shape index (κ1) is 27.5. The van der Waals surface area contributed by atoms with Crippen LogP contribution < -0.4 is 0 Å². The minimum Gasteiger partial charge on any atom is -0.477 e. The minimum absolute atomic E-state index is 0.192. The van der Waals surface area contributed by atoms with Crippen molar-refractivity contribution in [2.24, 2.45) is 23.7 Å². The monoisotopic (exact) mass is 534 g/mol.